The van der Waals surface area contributed by atoms with Gasteiger partial charge in [-0.05, 0) is 55.5 Å². The summed E-state index contributed by atoms with van der Waals surface area (Å²) in [5.74, 6) is 1.50. The number of benzene rings is 2. The number of hydrogen-bond donors (Lipinski definition) is 1. The van der Waals surface area contributed by atoms with Crippen molar-refractivity contribution in [1.82, 2.24) is 20.2 Å². The molecule has 0 atom stereocenters. The molecule has 0 radical (unpaired) electrons. The molecule has 0 unspecified atom stereocenters. The monoisotopic (exact) mass is 323 g/mol. The molecule has 1 heterocycles. The van der Waals surface area contributed by atoms with Crippen LogP contribution in [-0.4, -0.2) is 27.3 Å². The van der Waals surface area contributed by atoms with Crippen LogP contribution in [0.5, 0.6) is 5.75 Å². The first-order chi connectivity index (χ1) is 11.5. The molecule has 1 aromatic heterocycles. The first-order valence-corrected chi connectivity index (χ1v) is 7.78. The van der Waals surface area contributed by atoms with Crippen LogP contribution < -0.4 is 10.1 Å². The predicted molar refractivity (Wildman–Crippen MR) is 93.5 cm³/mol. The Hall–Kier alpha value is -2.89. The summed E-state index contributed by atoms with van der Waals surface area (Å²) < 4.78 is 7.17. The largest absolute Gasteiger partial charge is 0.495 e. The highest BCUT2D eigenvalue weighted by Gasteiger charge is 2.29. The van der Waals surface area contributed by atoms with Gasteiger partial charge in [-0.15, -0.1) is 5.10 Å². The average Bonchev–Trinajstić information content (AvgIpc) is 3.06. The van der Waals surface area contributed by atoms with Gasteiger partial charge in [-0.3, -0.25) is 0 Å². The van der Waals surface area contributed by atoms with Crippen LogP contribution in [0, 0.1) is 6.92 Å². The molecule has 2 aromatic carbocycles. The summed E-state index contributed by atoms with van der Waals surface area (Å²) in [6, 6.07) is 15.9. The van der Waals surface area contributed by atoms with Crippen molar-refractivity contribution in [1.29, 1.82) is 0 Å². The van der Waals surface area contributed by atoms with Crippen LogP contribution in [0.3, 0.4) is 0 Å². The van der Waals surface area contributed by atoms with Crippen molar-refractivity contribution < 1.29 is 4.74 Å². The zero-order valence-corrected chi connectivity index (χ0v) is 14.3. The first-order valence-electron chi connectivity index (χ1n) is 7.78. The lowest BCUT2D eigenvalue weighted by atomic mass is 10.0. The number of nitrogens with zero attached hydrogens (tertiary/aromatic N) is 4. The Morgan fingerprint density at radius 3 is 2.46 bits per heavy atom. The molecule has 6 heteroatoms. The number of nitrogens with one attached hydrogen (secondary N) is 1. The van der Waals surface area contributed by atoms with E-state index in [-0.39, 0.29) is 0 Å². The van der Waals surface area contributed by atoms with E-state index in [0.29, 0.717) is 0 Å². The molecule has 0 spiro atoms. The van der Waals surface area contributed by atoms with Crippen molar-refractivity contribution in [2.45, 2.75) is 26.3 Å². The minimum atomic E-state index is -0.497. The van der Waals surface area contributed by atoms with Gasteiger partial charge < -0.3 is 10.1 Å². The average molecular weight is 323 g/mol. The fourth-order valence-corrected chi connectivity index (χ4v) is 2.58. The number of tetrazole rings is 1. The van der Waals surface area contributed by atoms with Gasteiger partial charge in [0.15, 0.2) is 5.82 Å². The molecule has 0 amide bonds. The van der Waals surface area contributed by atoms with Crippen LogP contribution in [0.4, 0.5) is 5.69 Å². The van der Waals surface area contributed by atoms with E-state index in [1.165, 1.54) is 5.56 Å². The summed E-state index contributed by atoms with van der Waals surface area (Å²) in [5.41, 5.74) is 2.52. The van der Waals surface area contributed by atoms with E-state index in [9.17, 15) is 0 Å². The Labute approximate surface area is 141 Å². The Morgan fingerprint density at radius 1 is 1.04 bits per heavy atom. The number of methoxy groups -OCH3 is 1. The van der Waals surface area contributed by atoms with Gasteiger partial charge in [-0.2, -0.15) is 4.68 Å². The van der Waals surface area contributed by atoms with Crippen LogP contribution in [0.2, 0.25) is 0 Å². The number of aryl methyl sites for hydroxylation is 1. The Morgan fingerprint density at radius 2 is 1.75 bits per heavy atom. The standard InChI is InChI=1S/C18H21N5O/c1-13-9-11-14(12-10-13)23-17(20-21-22-23)18(2,3)19-15-7-5-6-8-16(15)24-4/h5-12,19H,1-4H3. The molecule has 1 N–H and O–H groups in total. The summed E-state index contributed by atoms with van der Waals surface area (Å²) in [4.78, 5) is 0. The number of anilines is 1. The van der Waals surface area contributed by atoms with Crippen molar-refractivity contribution >= 4 is 5.69 Å². The third-order valence-corrected chi connectivity index (χ3v) is 3.86. The number of rotatable bonds is 5. The second kappa shape index (κ2) is 6.31. The van der Waals surface area contributed by atoms with Crippen molar-refractivity contribution in [3.8, 4) is 11.4 Å². The highest BCUT2D eigenvalue weighted by atomic mass is 16.5. The van der Waals surface area contributed by atoms with Gasteiger partial charge in [0, 0.05) is 0 Å². The summed E-state index contributed by atoms with van der Waals surface area (Å²) in [5, 5.41) is 15.7. The van der Waals surface area contributed by atoms with E-state index in [1.54, 1.807) is 11.8 Å². The van der Waals surface area contributed by atoms with Crippen LogP contribution in [0.25, 0.3) is 5.69 Å². The fourth-order valence-electron chi connectivity index (χ4n) is 2.58. The molecule has 3 rings (SSSR count). The zero-order chi connectivity index (χ0) is 17.2. The van der Waals surface area contributed by atoms with E-state index in [0.717, 1.165) is 22.9 Å². The van der Waals surface area contributed by atoms with Gasteiger partial charge in [0.2, 0.25) is 0 Å². The second-order valence-corrected chi connectivity index (χ2v) is 6.20. The number of para-hydroxylation sites is 2. The van der Waals surface area contributed by atoms with E-state index in [4.69, 9.17) is 4.74 Å². The summed E-state index contributed by atoms with van der Waals surface area (Å²) in [6.07, 6.45) is 0. The minimum Gasteiger partial charge on any atom is -0.495 e. The van der Waals surface area contributed by atoms with Crippen LogP contribution in [0.1, 0.15) is 25.2 Å². The van der Waals surface area contributed by atoms with Gasteiger partial charge in [0.05, 0.1) is 24.0 Å². The lowest BCUT2D eigenvalue weighted by Crippen LogP contribution is -2.32. The molecule has 0 aliphatic heterocycles. The third-order valence-electron chi connectivity index (χ3n) is 3.86. The van der Waals surface area contributed by atoms with Gasteiger partial charge in [0.1, 0.15) is 5.75 Å². The lowest BCUT2D eigenvalue weighted by molar-refractivity contribution is 0.414. The summed E-state index contributed by atoms with van der Waals surface area (Å²) >= 11 is 0. The maximum absolute atomic E-state index is 5.42. The van der Waals surface area contributed by atoms with Crippen molar-refractivity contribution in [2.75, 3.05) is 12.4 Å². The van der Waals surface area contributed by atoms with E-state index in [2.05, 4.69) is 27.8 Å². The molecule has 24 heavy (non-hydrogen) atoms. The Bertz CT molecular complexity index is 823. The molecular weight excluding hydrogens is 302 g/mol. The van der Waals surface area contributed by atoms with Gasteiger partial charge in [-0.25, -0.2) is 0 Å². The van der Waals surface area contributed by atoms with E-state index < -0.39 is 5.54 Å². The molecule has 124 valence electrons. The van der Waals surface area contributed by atoms with Crippen molar-refractivity contribution in [2.24, 2.45) is 0 Å². The van der Waals surface area contributed by atoms with Crippen LogP contribution in [-0.2, 0) is 5.54 Å². The number of ether oxygens (including phenoxy) is 1. The molecule has 0 saturated heterocycles. The molecule has 0 saturated carbocycles. The lowest BCUT2D eigenvalue weighted by Gasteiger charge is -2.27. The van der Waals surface area contributed by atoms with Gasteiger partial charge in [-0.1, -0.05) is 29.8 Å². The molecule has 3 aromatic rings. The quantitative estimate of drug-likeness (QED) is 0.780. The molecule has 0 fully saturated rings. The van der Waals surface area contributed by atoms with Crippen molar-refractivity contribution in [3.63, 3.8) is 0 Å². The van der Waals surface area contributed by atoms with Crippen LogP contribution >= 0.6 is 0 Å². The zero-order valence-electron chi connectivity index (χ0n) is 14.3. The topological polar surface area (TPSA) is 64.9 Å². The first kappa shape index (κ1) is 16.0. The smallest absolute Gasteiger partial charge is 0.181 e. The second-order valence-electron chi connectivity index (χ2n) is 6.20. The maximum Gasteiger partial charge on any atom is 0.181 e. The van der Waals surface area contributed by atoms with Gasteiger partial charge in [0.25, 0.3) is 0 Å². The molecular formula is C18H21N5O. The number of aromatic nitrogens is 4. The minimum absolute atomic E-state index is 0.497. The summed E-state index contributed by atoms with van der Waals surface area (Å²) in [6.45, 7) is 6.13. The normalized spacial score (nSPS) is 11.3. The van der Waals surface area contributed by atoms with Gasteiger partial charge >= 0.3 is 0 Å². The van der Waals surface area contributed by atoms with E-state index >= 15 is 0 Å². The maximum atomic E-state index is 5.42. The molecule has 6 nitrogen and oxygen atoms in total. The Kier molecular flexibility index (Phi) is 4.20. The molecule has 0 aliphatic carbocycles. The highest BCUT2D eigenvalue weighted by Crippen LogP contribution is 2.30. The number of hydrogen-bond acceptors (Lipinski definition) is 5. The summed E-state index contributed by atoms with van der Waals surface area (Å²) in [7, 11) is 1.66. The molecule has 0 bridgehead atoms. The SMILES string of the molecule is COc1ccccc1NC(C)(C)c1nnnn1-c1ccc(C)cc1. The third kappa shape index (κ3) is 3.08. The van der Waals surface area contributed by atoms with E-state index in [1.807, 2.05) is 62.4 Å². The Balaban J connectivity index is 1.96. The predicted octanol–water partition coefficient (Wildman–Crippen LogP) is 3.33. The van der Waals surface area contributed by atoms with Crippen LogP contribution in [0.15, 0.2) is 48.5 Å². The molecule has 0 aliphatic rings. The van der Waals surface area contributed by atoms with Crippen molar-refractivity contribution in [3.05, 3.63) is 59.9 Å². The fraction of sp³-hybridized carbons (Fsp3) is 0.278. The highest BCUT2D eigenvalue weighted by molar-refractivity contribution is 5.58.